The number of carbonyl (C=O) groups is 1. The van der Waals surface area contributed by atoms with Crippen molar-refractivity contribution in [1.82, 2.24) is 0 Å². The second kappa shape index (κ2) is 4.42. The number of rotatable bonds is 0. The Morgan fingerprint density at radius 3 is 2.19 bits per heavy atom. The maximum Gasteiger partial charge on any atom is 0.189 e. The van der Waals surface area contributed by atoms with E-state index in [0.29, 0.717) is 0 Å². The minimum Gasteiger partial charge on any atom is -0.289 e. The number of hydrogen-bond acceptors (Lipinski definition) is 1. The number of hydrogen-bond donors (Lipinski definition) is 0. The zero-order chi connectivity index (χ0) is 14.6. The van der Waals surface area contributed by atoms with Crippen LogP contribution >= 0.6 is 0 Å². The average Bonchev–Trinajstić information content (AvgIpc) is 3.00. The SMILES string of the molecule is Cc1ccc2c(c1)C(=O)/C(=C1\CCc3ccc(C)cc31)C2. The number of aryl methyl sites for hydroxylation is 3. The van der Waals surface area contributed by atoms with Crippen molar-refractivity contribution in [3.63, 3.8) is 0 Å². The summed E-state index contributed by atoms with van der Waals surface area (Å²) in [5, 5.41) is 0. The Bertz CT molecular complexity index is 809. The van der Waals surface area contributed by atoms with Gasteiger partial charge in [-0.1, -0.05) is 41.5 Å². The Morgan fingerprint density at radius 1 is 0.762 bits per heavy atom. The van der Waals surface area contributed by atoms with Crippen LogP contribution in [-0.4, -0.2) is 5.78 Å². The first-order valence-corrected chi connectivity index (χ1v) is 7.59. The summed E-state index contributed by atoms with van der Waals surface area (Å²) in [4.78, 5) is 12.8. The molecule has 0 N–H and O–H groups in total. The smallest absolute Gasteiger partial charge is 0.189 e. The number of fused-ring (bicyclic) bond motifs is 2. The second-order valence-corrected chi connectivity index (χ2v) is 6.28. The Morgan fingerprint density at radius 2 is 1.43 bits per heavy atom. The molecule has 2 aliphatic carbocycles. The van der Waals surface area contributed by atoms with E-state index in [9.17, 15) is 4.79 Å². The van der Waals surface area contributed by atoms with Gasteiger partial charge < -0.3 is 0 Å². The molecule has 0 heterocycles. The van der Waals surface area contributed by atoms with Gasteiger partial charge in [-0.2, -0.15) is 0 Å². The van der Waals surface area contributed by atoms with E-state index in [0.717, 1.165) is 36.0 Å². The third-order valence-corrected chi connectivity index (χ3v) is 4.75. The molecule has 4 rings (SSSR count). The molecule has 0 spiro atoms. The van der Waals surface area contributed by atoms with Crippen molar-refractivity contribution in [1.29, 1.82) is 0 Å². The van der Waals surface area contributed by atoms with Crippen molar-refractivity contribution in [2.45, 2.75) is 33.1 Å². The van der Waals surface area contributed by atoms with Crippen LogP contribution in [0.1, 0.15) is 44.6 Å². The van der Waals surface area contributed by atoms with E-state index in [-0.39, 0.29) is 5.78 Å². The van der Waals surface area contributed by atoms with Gasteiger partial charge in [0.1, 0.15) is 0 Å². The van der Waals surface area contributed by atoms with E-state index in [1.807, 2.05) is 13.0 Å². The molecule has 0 atom stereocenters. The average molecular weight is 274 g/mol. The van der Waals surface area contributed by atoms with Crippen molar-refractivity contribution in [3.8, 4) is 0 Å². The predicted molar refractivity (Wildman–Crippen MR) is 85.6 cm³/mol. The van der Waals surface area contributed by atoms with Crippen LogP contribution in [0.2, 0.25) is 0 Å². The molecule has 0 saturated heterocycles. The third-order valence-electron chi connectivity index (χ3n) is 4.75. The van der Waals surface area contributed by atoms with E-state index in [1.165, 1.54) is 27.8 Å². The van der Waals surface area contributed by atoms with Crippen LogP contribution in [0.4, 0.5) is 0 Å². The number of ketones is 1. The molecule has 2 aromatic carbocycles. The highest BCUT2D eigenvalue weighted by Crippen LogP contribution is 2.40. The van der Waals surface area contributed by atoms with E-state index < -0.39 is 0 Å². The minimum atomic E-state index is 0.248. The van der Waals surface area contributed by atoms with E-state index in [4.69, 9.17) is 0 Å². The Hall–Kier alpha value is -2.15. The Labute approximate surface area is 125 Å². The first-order valence-electron chi connectivity index (χ1n) is 7.59. The van der Waals surface area contributed by atoms with E-state index >= 15 is 0 Å². The fourth-order valence-corrected chi connectivity index (χ4v) is 3.63. The molecule has 0 aliphatic heterocycles. The number of benzene rings is 2. The lowest BCUT2D eigenvalue weighted by atomic mass is 9.97. The summed E-state index contributed by atoms with van der Waals surface area (Å²) < 4.78 is 0. The molecular weight excluding hydrogens is 256 g/mol. The second-order valence-electron chi connectivity index (χ2n) is 6.28. The first kappa shape index (κ1) is 12.6. The van der Waals surface area contributed by atoms with Crippen LogP contribution in [0.5, 0.6) is 0 Å². The zero-order valence-electron chi connectivity index (χ0n) is 12.5. The van der Waals surface area contributed by atoms with Crippen LogP contribution in [0, 0.1) is 13.8 Å². The lowest BCUT2D eigenvalue weighted by Gasteiger charge is -2.06. The summed E-state index contributed by atoms with van der Waals surface area (Å²) in [5.74, 6) is 0.248. The summed E-state index contributed by atoms with van der Waals surface area (Å²) in [6, 6.07) is 12.9. The van der Waals surface area contributed by atoms with Gasteiger partial charge in [0, 0.05) is 17.6 Å². The van der Waals surface area contributed by atoms with Gasteiger partial charge in [0.15, 0.2) is 5.78 Å². The van der Waals surface area contributed by atoms with Crippen molar-refractivity contribution in [3.05, 3.63) is 75.4 Å². The highest BCUT2D eigenvalue weighted by atomic mass is 16.1. The molecule has 0 fully saturated rings. The molecule has 0 amide bonds. The van der Waals surface area contributed by atoms with Crippen LogP contribution in [0.25, 0.3) is 5.57 Å². The maximum atomic E-state index is 12.8. The molecule has 2 aliphatic rings. The lowest BCUT2D eigenvalue weighted by molar-refractivity contribution is 0.104. The van der Waals surface area contributed by atoms with Crippen molar-refractivity contribution in [2.75, 3.05) is 0 Å². The van der Waals surface area contributed by atoms with Crippen molar-refractivity contribution < 1.29 is 4.79 Å². The molecule has 0 unspecified atom stereocenters. The largest absolute Gasteiger partial charge is 0.289 e. The minimum absolute atomic E-state index is 0.248. The number of allylic oxidation sites excluding steroid dienone is 2. The number of carbonyl (C=O) groups excluding carboxylic acids is 1. The molecule has 0 bridgehead atoms. The van der Waals surface area contributed by atoms with Gasteiger partial charge in [-0.15, -0.1) is 0 Å². The predicted octanol–water partition coefficient (Wildman–Crippen LogP) is 4.44. The Kier molecular flexibility index (Phi) is 2.65. The topological polar surface area (TPSA) is 17.1 Å². The van der Waals surface area contributed by atoms with Gasteiger partial charge in [0.05, 0.1) is 0 Å². The first-order chi connectivity index (χ1) is 10.1. The van der Waals surface area contributed by atoms with Crippen LogP contribution in [0.15, 0.2) is 42.0 Å². The molecule has 0 aromatic heterocycles. The molecule has 0 radical (unpaired) electrons. The summed E-state index contributed by atoms with van der Waals surface area (Å²) in [6.07, 6.45) is 2.88. The molecule has 0 saturated carbocycles. The van der Waals surface area contributed by atoms with E-state index in [1.54, 1.807) is 0 Å². The fourth-order valence-electron chi connectivity index (χ4n) is 3.63. The zero-order valence-corrected chi connectivity index (χ0v) is 12.5. The highest BCUT2D eigenvalue weighted by molar-refractivity contribution is 6.17. The monoisotopic (exact) mass is 274 g/mol. The summed E-state index contributed by atoms with van der Waals surface area (Å²) in [7, 11) is 0. The van der Waals surface area contributed by atoms with Crippen LogP contribution < -0.4 is 0 Å². The third kappa shape index (κ3) is 1.88. The van der Waals surface area contributed by atoms with Crippen LogP contribution in [0.3, 0.4) is 0 Å². The van der Waals surface area contributed by atoms with Crippen molar-refractivity contribution >= 4 is 11.4 Å². The normalized spacial score (nSPS) is 19.8. The van der Waals surface area contributed by atoms with E-state index in [2.05, 4.69) is 37.3 Å². The summed E-state index contributed by atoms with van der Waals surface area (Å²) in [6.45, 7) is 4.17. The van der Waals surface area contributed by atoms with Gasteiger partial charge in [-0.3, -0.25) is 4.79 Å². The van der Waals surface area contributed by atoms with Gasteiger partial charge in [0.2, 0.25) is 0 Å². The number of Topliss-reactive ketones (excluding diaryl/α,β-unsaturated/α-hetero) is 1. The van der Waals surface area contributed by atoms with Crippen LogP contribution in [-0.2, 0) is 12.8 Å². The standard InChI is InChI=1S/C20H18O/c1-12-3-5-14-7-8-16(17(14)9-12)19-11-15-6-4-13(2)10-18(15)20(19)21/h3-6,9-10H,7-8,11H2,1-2H3/b19-16+. The van der Waals surface area contributed by atoms with Gasteiger partial charge in [-0.05, 0) is 55.0 Å². The highest BCUT2D eigenvalue weighted by Gasteiger charge is 2.30. The molecule has 104 valence electrons. The van der Waals surface area contributed by atoms with Gasteiger partial charge in [0.25, 0.3) is 0 Å². The molecule has 1 heteroatoms. The molecule has 1 nitrogen and oxygen atoms in total. The Balaban J connectivity index is 1.87. The van der Waals surface area contributed by atoms with Gasteiger partial charge in [-0.25, -0.2) is 0 Å². The van der Waals surface area contributed by atoms with Gasteiger partial charge >= 0.3 is 0 Å². The van der Waals surface area contributed by atoms with Crippen molar-refractivity contribution in [2.24, 2.45) is 0 Å². The molecule has 21 heavy (non-hydrogen) atoms. The fraction of sp³-hybridized carbons (Fsp3) is 0.250. The summed E-state index contributed by atoms with van der Waals surface area (Å²) in [5.41, 5.74) is 9.55. The molecular formula is C20H18O. The maximum absolute atomic E-state index is 12.8. The quantitative estimate of drug-likeness (QED) is 0.649. The molecule has 2 aromatic rings. The lowest BCUT2D eigenvalue weighted by Crippen LogP contribution is -1.99. The summed E-state index contributed by atoms with van der Waals surface area (Å²) >= 11 is 0.